The number of para-hydroxylation sites is 1. The Bertz CT molecular complexity index is 543. The molecule has 0 saturated heterocycles. The summed E-state index contributed by atoms with van der Waals surface area (Å²) < 4.78 is 18.9. The Balaban J connectivity index is 2.22. The SMILES string of the molecule is Cc1cc(CCN)cnc1Oc1ccccc1F. The number of aryl methyl sites for hydroxylation is 1. The Kier molecular flexibility index (Phi) is 3.89. The fraction of sp³-hybridized carbons (Fsp3) is 0.214. The standard InChI is InChI=1S/C14H15FN2O/c1-10-8-11(6-7-16)9-17-14(10)18-13-5-3-2-4-12(13)15/h2-5,8-9H,6-7,16H2,1H3. The highest BCUT2D eigenvalue weighted by atomic mass is 19.1. The van der Waals surface area contributed by atoms with Gasteiger partial charge in [-0.3, -0.25) is 0 Å². The van der Waals surface area contributed by atoms with E-state index >= 15 is 0 Å². The van der Waals surface area contributed by atoms with Crippen LogP contribution in [0.3, 0.4) is 0 Å². The zero-order chi connectivity index (χ0) is 13.0. The van der Waals surface area contributed by atoms with Crippen molar-refractivity contribution >= 4 is 0 Å². The molecular weight excluding hydrogens is 231 g/mol. The molecule has 0 aliphatic heterocycles. The lowest BCUT2D eigenvalue weighted by molar-refractivity contribution is 0.424. The Labute approximate surface area is 105 Å². The normalized spacial score (nSPS) is 10.4. The van der Waals surface area contributed by atoms with Gasteiger partial charge in [0.1, 0.15) is 0 Å². The summed E-state index contributed by atoms with van der Waals surface area (Å²) in [7, 11) is 0. The predicted molar refractivity (Wildman–Crippen MR) is 68.2 cm³/mol. The topological polar surface area (TPSA) is 48.1 Å². The van der Waals surface area contributed by atoms with E-state index in [4.69, 9.17) is 10.5 Å². The highest BCUT2D eigenvalue weighted by Crippen LogP contribution is 2.25. The largest absolute Gasteiger partial charge is 0.436 e. The van der Waals surface area contributed by atoms with E-state index in [1.807, 2.05) is 13.0 Å². The molecule has 0 fully saturated rings. The van der Waals surface area contributed by atoms with Gasteiger partial charge in [0, 0.05) is 11.8 Å². The van der Waals surface area contributed by atoms with Crippen LogP contribution in [0.4, 0.5) is 4.39 Å². The Morgan fingerprint density at radius 3 is 2.78 bits per heavy atom. The van der Waals surface area contributed by atoms with Crippen LogP contribution in [0.15, 0.2) is 36.5 Å². The lowest BCUT2D eigenvalue weighted by Crippen LogP contribution is -2.04. The van der Waals surface area contributed by atoms with Crippen LogP contribution in [-0.4, -0.2) is 11.5 Å². The molecule has 0 unspecified atom stereocenters. The van der Waals surface area contributed by atoms with Gasteiger partial charge in [0.15, 0.2) is 11.6 Å². The molecule has 0 radical (unpaired) electrons. The van der Waals surface area contributed by atoms with Gasteiger partial charge in [-0.05, 0) is 43.7 Å². The number of rotatable bonds is 4. The maximum atomic E-state index is 13.4. The zero-order valence-electron chi connectivity index (χ0n) is 10.2. The smallest absolute Gasteiger partial charge is 0.222 e. The van der Waals surface area contributed by atoms with Gasteiger partial charge < -0.3 is 10.5 Å². The molecule has 18 heavy (non-hydrogen) atoms. The molecule has 0 atom stereocenters. The molecule has 4 heteroatoms. The molecule has 1 aromatic heterocycles. The van der Waals surface area contributed by atoms with Crippen molar-refractivity contribution in [2.75, 3.05) is 6.54 Å². The van der Waals surface area contributed by atoms with Crippen LogP contribution in [0, 0.1) is 12.7 Å². The van der Waals surface area contributed by atoms with Crippen molar-refractivity contribution in [1.82, 2.24) is 4.98 Å². The van der Waals surface area contributed by atoms with Gasteiger partial charge in [-0.15, -0.1) is 0 Å². The van der Waals surface area contributed by atoms with E-state index in [9.17, 15) is 4.39 Å². The minimum atomic E-state index is -0.398. The van der Waals surface area contributed by atoms with Gasteiger partial charge in [-0.25, -0.2) is 9.37 Å². The first-order valence-electron chi connectivity index (χ1n) is 5.78. The first-order valence-corrected chi connectivity index (χ1v) is 5.78. The first-order chi connectivity index (χ1) is 8.70. The number of benzene rings is 1. The van der Waals surface area contributed by atoms with Crippen LogP contribution in [0.1, 0.15) is 11.1 Å². The van der Waals surface area contributed by atoms with Crippen molar-refractivity contribution in [3.63, 3.8) is 0 Å². The van der Waals surface area contributed by atoms with E-state index < -0.39 is 5.82 Å². The summed E-state index contributed by atoms with van der Waals surface area (Å²) in [6.07, 6.45) is 2.48. The third-order valence-corrected chi connectivity index (χ3v) is 2.56. The molecule has 0 spiro atoms. The van der Waals surface area contributed by atoms with Crippen molar-refractivity contribution in [3.05, 3.63) is 53.5 Å². The van der Waals surface area contributed by atoms with Gasteiger partial charge in [0.25, 0.3) is 0 Å². The number of pyridine rings is 1. The molecule has 0 aliphatic rings. The average molecular weight is 246 g/mol. The molecule has 1 heterocycles. The summed E-state index contributed by atoms with van der Waals surface area (Å²) in [5.41, 5.74) is 7.40. The fourth-order valence-electron chi connectivity index (χ4n) is 1.66. The summed E-state index contributed by atoms with van der Waals surface area (Å²) in [6, 6.07) is 8.22. The van der Waals surface area contributed by atoms with E-state index in [1.165, 1.54) is 6.07 Å². The molecule has 3 nitrogen and oxygen atoms in total. The molecule has 2 N–H and O–H groups in total. The lowest BCUT2D eigenvalue weighted by Gasteiger charge is -2.09. The second-order valence-electron chi connectivity index (χ2n) is 4.04. The van der Waals surface area contributed by atoms with Gasteiger partial charge >= 0.3 is 0 Å². The fourth-order valence-corrected chi connectivity index (χ4v) is 1.66. The van der Waals surface area contributed by atoms with Crippen molar-refractivity contribution < 1.29 is 9.13 Å². The van der Waals surface area contributed by atoms with Crippen molar-refractivity contribution in [3.8, 4) is 11.6 Å². The molecule has 2 aromatic rings. The van der Waals surface area contributed by atoms with E-state index in [0.717, 1.165) is 17.5 Å². The molecule has 1 aromatic carbocycles. The van der Waals surface area contributed by atoms with E-state index in [2.05, 4.69) is 4.98 Å². The Morgan fingerprint density at radius 2 is 2.11 bits per heavy atom. The summed E-state index contributed by atoms with van der Waals surface area (Å²) in [4.78, 5) is 4.19. The number of halogens is 1. The second-order valence-corrected chi connectivity index (χ2v) is 4.04. The number of hydrogen-bond donors (Lipinski definition) is 1. The number of nitrogens with two attached hydrogens (primary N) is 1. The highest BCUT2D eigenvalue weighted by Gasteiger charge is 2.07. The van der Waals surface area contributed by atoms with E-state index in [-0.39, 0.29) is 5.75 Å². The molecule has 0 bridgehead atoms. The summed E-state index contributed by atoms with van der Waals surface area (Å²) in [6.45, 7) is 2.46. The summed E-state index contributed by atoms with van der Waals surface area (Å²) in [5, 5.41) is 0. The highest BCUT2D eigenvalue weighted by molar-refractivity contribution is 5.34. The maximum absolute atomic E-state index is 13.4. The second kappa shape index (κ2) is 5.60. The lowest BCUT2D eigenvalue weighted by atomic mass is 10.1. The van der Waals surface area contributed by atoms with Gasteiger partial charge in [-0.1, -0.05) is 12.1 Å². The molecular formula is C14H15FN2O. The Morgan fingerprint density at radius 1 is 1.33 bits per heavy atom. The molecule has 0 amide bonds. The quantitative estimate of drug-likeness (QED) is 0.902. The van der Waals surface area contributed by atoms with E-state index in [0.29, 0.717) is 12.4 Å². The van der Waals surface area contributed by atoms with Crippen LogP contribution in [0.25, 0.3) is 0 Å². The Hall–Kier alpha value is -1.94. The molecule has 0 aliphatic carbocycles. The average Bonchev–Trinajstić information content (AvgIpc) is 2.35. The molecule has 94 valence electrons. The number of hydrogen-bond acceptors (Lipinski definition) is 3. The van der Waals surface area contributed by atoms with Crippen LogP contribution in [0.5, 0.6) is 11.6 Å². The van der Waals surface area contributed by atoms with Crippen LogP contribution in [-0.2, 0) is 6.42 Å². The monoisotopic (exact) mass is 246 g/mol. The van der Waals surface area contributed by atoms with Crippen molar-refractivity contribution in [2.24, 2.45) is 5.73 Å². The number of nitrogens with zero attached hydrogens (tertiary/aromatic N) is 1. The minimum absolute atomic E-state index is 0.180. The van der Waals surface area contributed by atoms with Gasteiger partial charge in [0.05, 0.1) is 0 Å². The first kappa shape index (κ1) is 12.5. The summed E-state index contributed by atoms with van der Waals surface area (Å²) >= 11 is 0. The van der Waals surface area contributed by atoms with Crippen molar-refractivity contribution in [2.45, 2.75) is 13.3 Å². The maximum Gasteiger partial charge on any atom is 0.222 e. The van der Waals surface area contributed by atoms with Crippen molar-refractivity contribution in [1.29, 1.82) is 0 Å². The predicted octanol–water partition coefficient (Wildman–Crippen LogP) is 2.82. The van der Waals surface area contributed by atoms with Gasteiger partial charge in [0.2, 0.25) is 5.88 Å². The van der Waals surface area contributed by atoms with Crippen LogP contribution >= 0.6 is 0 Å². The number of aromatic nitrogens is 1. The van der Waals surface area contributed by atoms with E-state index in [1.54, 1.807) is 24.4 Å². The molecule has 0 saturated carbocycles. The zero-order valence-corrected chi connectivity index (χ0v) is 10.2. The van der Waals surface area contributed by atoms with Gasteiger partial charge in [-0.2, -0.15) is 0 Å². The third-order valence-electron chi connectivity index (χ3n) is 2.56. The summed E-state index contributed by atoms with van der Waals surface area (Å²) in [5.74, 6) is 0.199. The van der Waals surface area contributed by atoms with Crippen LogP contribution < -0.4 is 10.5 Å². The molecule has 2 rings (SSSR count). The number of ether oxygens (including phenoxy) is 1. The minimum Gasteiger partial charge on any atom is -0.436 e. The third kappa shape index (κ3) is 2.84. The van der Waals surface area contributed by atoms with Crippen LogP contribution in [0.2, 0.25) is 0 Å².